The molecule has 0 saturated heterocycles. The van der Waals surface area contributed by atoms with Crippen LogP contribution in [0.3, 0.4) is 0 Å². The molecule has 0 N–H and O–H groups in total. The summed E-state index contributed by atoms with van der Waals surface area (Å²) in [7, 11) is 0. The topological polar surface area (TPSA) is 40.1 Å². The van der Waals surface area contributed by atoms with Gasteiger partial charge in [0.05, 0.1) is 0 Å². The average molecular weight is 176 g/mol. The van der Waals surface area contributed by atoms with Gasteiger partial charge >= 0.3 is 29.6 Å². The van der Waals surface area contributed by atoms with Crippen LogP contribution >= 0.6 is 0 Å². The summed E-state index contributed by atoms with van der Waals surface area (Å²) in [5, 5.41) is 9.98. The molecule has 12 heavy (non-hydrogen) atoms. The van der Waals surface area contributed by atoms with Crippen molar-refractivity contribution in [3.63, 3.8) is 0 Å². The molecule has 1 fully saturated rings. The van der Waals surface area contributed by atoms with Gasteiger partial charge in [-0.2, -0.15) is 0 Å². The molecule has 1 saturated carbocycles. The van der Waals surface area contributed by atoms with Gasteiger partial charge in [0, 0.05) is 5.92 Å². The molecule has 0 aromatic rings. The number of hydrogen-bond donors (Lipinski definition) is 0. The molecule has 1 aliphatic rings. The van der Waals surface area contributed by atoms with E-state index in [1.165, 1.54) is 6.42 Å². The first-order chi connectivity index (χ1) is 5.34. The molecule has 0 atom stereocenters. The molecule has 0 aromatic heterocycles. The number of allylic oxidation sites excluding steroid dienone is 1. The second kappa shape index (κ2) is 6.70. The van der Waals surface area contributed by atoms with E-state index < -0.39 is 0 Å². The molecule has 0 unspecified atom stereocenters. The van der Waals surface area contributed by atoms with Crippen LogP contribution in [0.25, 0.3) is 0 Å². The second-order valence-corrected chi connectivity index (χ2v) is 3.04. The Balaban J connectivity index is 0.00000121. The molecule has 1 rings (SSSR count). The Morgan fingerprint density at radius 1 is 1.25 bits per heavy atom. The predicted octanol–water partition coefficient (Wildman–Crippen LogP) is -1.99. The van der Waals surface area contributed by atoms with E-state index in [1.54, 1.807) is 0 Å². The fourth-order valence-corrected chi connectivity index (χ4v) is 1.59. The summed E-state index contributed by atoms with van der Waals surface area (Å²) in [6.45, 7) is 0. The van der Waals surface area contributed by atoms with Crippen LogP contribution in [0.2, 0.25) is 0 Å². The number of carbonyl (C=O) groups is 1. The molecule has 0 bridgehead atoms. The van der Waals surface area contributed by atoms with E-state index in [0.29, 0.717) is 6.26 Å². The second-order valence-electron chi connectivity index (χ2n) is 3.04. The molecule has 62 valence electrons. The quantitative estimate of drug-likeness (QED) is 0.278. The van der Waals surface area contributed by atoms with Crippen molar-refractivity contribution in [3.8, 4) is 0 Å². The Hall–Kier alpha value is 0.210. The van der Waals surface area contributed by atoms with Crippen LogP contribution in [0.15, 0.2) is 12.3 Å². The number of hydrogen-bond acceptors (Lipinski definition) is 2. The Morgan fingerprint density at radius 3 is 2.33 bits per heavy atom. The van der Waals surface area contributed by atoms with E-state index in [4.69, 9.17) is 0 Å². The average Bonchev–Trinajstić information content (AvgIpc) is 2.07. The summed E-state index contributed by atoms with van der Waals surface area (Å²) in [6, 6.07) is 0. The van der Waals surface area contributed by atoms with Gasteiger partial charge in [0.2, 0.25) is 0 Å². The fraction of sp³-hybridized carbons (Fsp3) is 0.667. The minimum absolute atomic E-state index is 0. The molecule has 0 amide bonds. The van der Waals surface area contributed by atoms with Crippen molar-refractivity contribution in [3.05, 3.63) is 12.3 Å². The van der Waals surface area contributed by atoms with Crippen molar-refractivity contribution < 1.29 is 39.5 Å². The summed E-state index contributed by atoms with van der Waals surface area (Å²) < 4.78 is 0. The third-order valence-electron chi connectivity index (χ3n) is 2.24. The van der Waals surface area contributed by atoms with Crippen molar-refractivity contribution in [2.45, 2.75) is 32.1 Å². The molecule has 0 spiro atoms. The Bertz CT molecular complexity index is 160. The zero-order chi connectivity index (χ0) is 8.10. The molecule has 2 nitrogen and oxygen atoms in total. The largest absolute Gasteiger partial charge is 1.00 e. The summed E-state index contributed by atoms with van der Waals surface area (Å²) in [5.41, 5.74) is 0. The van der Waals surface area contributed by atoms with Gasteiger partial charge in [-0.15, -0.1) is 6.26 Å². The maximum absolute atomic E-state index is 11.1. The van der Waals surface area contributed by atoms with Crippen molar-refractivity contribution >= 4 is 5.78 Å². The van der Waals surface area contributed by atoms with Crippen LogP contribution in [-0.2, 0) is 4.79 Å². The van der Waals surface area contributed by atoms with Gasteiger partial charge < -0.3 is 5.11 Å². The summed E-state index contributed by atoms with van der Waals surface area (Å²) >= 11 is 0. The third-order valence-corrected chi connectivity index (χ3v) is 2.24. The normalized spacial score (nSPS) is 19.0. The third kappa shape index (κ3) is 3.74. The summed E-state index contributed by atoms with van der Waals surface area (Å²) in [5.74, 6) is 0.175. The van der Waals surface area contributed by atoms with Gasteiger partial charge in [0.15, 0.2) is 5.78 Å². The maximum Gasteiger partial charge on any atom is 1.00 e. The van der Waals surface area contributed by atoms with Crippen LogP contribution in [0.5, 0.6) is 0 Å². The van der Waals surface area contributed by atoms with Crippen LogP contribution in [0.4, 0.5) is 0 Å². The minimum atomic E-state index is 0. The van der Waals surface area contributed by atoms with Crippen LogP contribution in [0.1, 0.15) is 32.1 Å². The van der Waals surface area contributed by atoms with E-state index in [0.717, 1.165) is 31.8 Å². The van der Waals surface area contributed by atoms with E-state index in [9.17, 15) is 9.90 Å². The summed E-state index contributed by atoms with van der Waals surface area (Å²) in [4.78, 5) is 11.1. The Morgan fingerprint density at radius 2 is 1.83 bits per heavy atom. The van der Waals surface area contributed by atoms with Crippen molar-refractivity contribution in [1.82, 2.24) is 0 Å². The standard InChI is InChI=1S/C9H14O2.Na/c10-7-6-9(11)8-4-2-1-3-5-8;/h6-8,10H,1-5H2;/q;+1/p-1. The Kier molecular flexibility index (Phi) is 6.81. The monoisotopic (exact) mass is 176 g/mol. The van der Waals surface area contributed by atoms with Crippen molar-refractivity contribution in [2.75, 3.05) is 0 Å². The molecule has 3 heteroatoms. The van der Waals surface area contributed by atoms with E-state index in [2.05, 4.69) is 0 Å². The van der Waals surface area contributed by atoms with Gasteiger partial charge in [-0.3, -0.25) is 4.79 Å². The number of carbonyl (C=O) groups excluding carboxylic acids is 1. The van der Waals surface area contributed by atoms with Crippen LogP contribution < -0.4 is 34.7 Å². The number of rotatable bonds is 2. The zero-order valence-corrected chi connectivity index (χ0v) is 9.58. The molecule has 1 aliphatic carbocycles. The van der Waals surface area contributed by atoms with E-state index in [1.807, 2.05) is 0 Å². The smallest absolute Gasteiger partial charge is 0.878 e. The first-order valence-electron chi connectivity index (χ1n) is 4.17. The van der Waals surface area contributed by atoms with Crippen LogP contribution in [0, 0.1) is 5.92 Å². The molecular weight excluding hydrogens is 163 g/mol. The van der Waals surface area contributed by atoms with E-state index in [-0.39, 0.29) is 41.3 Å². The molecule has 0 heterocycles. The van der Waals surface area contributed by atoms with Gasteiger partial charge in [0.1, 0.15) is 0 Å². The van der Waals surface area contributed by atoms with Crippen molar-refractivity contribution in [2.24, 2.45) is 5.92 Å². The fourth-order valence-electron chi connectivity index (χ4n) is 1.59. The zero-order valence-electron chi connectivity index (χ0n) is 7.58. The van der Waals surface area contributed by atoms with Gasteiger partial charge in [-0.05, 0) is 18.9 Å². The first kappa shape index (κ1) is 12.2. The maximum atomic E-state index is 11.1. The minimum Gasteiger partial charge on any atom is -0.878 e. The van der Waals surface area contributed by atoms with Crippen molar-refractivity contribution in [1.29, 1.82) is 0 Å². The van der Waals surface area contributed by atoms with Crippen LogP contribution in [-0.4, -0.2) is 5.78 Å². The van der Waals surface area contributed by atoms with Gasteiger partial charge in [-0.25, -0.2) is 0 Å². The molecule has 0 aromatic carbocycles. The molecular formula is C9H13NaO2. The van der Waals surface area contributed by atoms with Gasteiger partial charge in [0.25, 0.3) is 0 Å². The summed E-state index contributed by atoms with van der Waals surface area (Å²) in [6.07, 6.45) is 7.23. The van der Waals surface area contributed by atoms with Gasteiger partial charge in [-0.1, -0.05) is 19.3 Å². The predicted molar refractivity (Wildman–Crippen MR) is 40.7 cm³/mol. The molecule has 0 aliphatic heterocycles. The molecule has 0 radical (unpaired) electrons. The Labute approximate surface area is 95.3 Å². The first-order valence-corrected chi connectivity index (χ1v) is 4.17. The van der Waals surface area contributed by atoms with E-state index >= 15 is 0 Å². The SMILES string of the molecule is O=C(C=C[O-])C1CCCCC1.[Na+]. The number of ketones is 1.